The Bertz CT molecular complexity index is 1070. The number of aryl methyl sites for hydroxylation is 2. The van der Waals surface area contributed by atoms with Crippen LogP contribution in [-0.4, -0.2) is 37.2 Å². The fourth-order valence-electron chi connectivity index (χ4n) is 3.90. The van der Waals surface area contributed by atoms with Crippen LogP contribution in [0.5, 0.6) is 0 Å². The highest BCUT2D eigenvalue weighted by atomic mass is 32.2. The SMILES string of the molecule is CCc1ccc([C@H]2[C@@H](S(=O)(=O)c3ccc(C)cc3)[C@@]2(C=O)NC(=O)OC(C)(C)C)cc1. The standard InChI is InChI=1S/C24H29NO5S/c1-6-17-9-11-18(12-10-17)20-21(31(28,29)19-13-7-16(2)8-14-19)24(20,15-26)25-22(27)30-23(3,4)5/h7-15,20-21H,6H2,1-5H3,(H,25,27)/t20-,21+,24-/m0/s1. The van der Waals surface area contributed by atoms with E-state index in [-0.39, 0.29) is 4.90 Å². The maximum Gasteiger partial charge on any atom is 0.408 e. The van der Waals surface area contributed by atoms with Gasteiger partial charge in [-0.3, -0.25) is 0 Å². The molecule has 0 unspecified atom stereocenters. The molecule has 6 nitrogen and oxygen atoms in total. The van der Waals surface area contributed by atoms with E-state index >= 15 is 0 Å². The van der Waals surface area contributed by atoms with Gasteiger partial charge in [0.25, 0.3) is 0 Å². The number of hydrogen-bond donors (Lipinski definition) is 1. The lowest BCUT2D eigenvalue weighted by Crippen LogP contribution is -2.45. The largest absolute Gasteiger partial charge is 0.444 e. The minimum Gasteiger partial charge on any atom is -0.444 e. The van der Waals surface area contributed by atoms with Gasteiger partial charge in [0.05, 0.1) is 4.90 Å². The average molecular weight is 444 g/mol. The molecule has 0 bridgehead atoms. The molecule has 0 saturated heterocycles. The number of carbonyl (C=O) groups excluding carboxylic acids is 2. The normalized spacial score (nSPS) is 23.1. The van der Waals surface area contributed by atoms with E-state index in [1.807, 2.05) is 38.1 Å². The molecular weight excluding hydrogens is 414 g/mol. The maximum atomic E-state index is 13.5. The molecule has 2 aromatic carbocycles. The summed E-state index contributed by atoms with van der Waals surface area (Å²) in [5, 5.41) is 1.45. The van der Waals surface area contributed by atoms with E-state index in [1.54, 1.807) is 32.9 Å². The Balaban J connectivity index is 2.04. The second-order valence-electron chi connectivity index (χ2n) is 9.03. The Morgan fingerprint density at radius 1 is 1.10 bits per heavy atom. The number of aldehydes is 1. The molecule has 0 spiro atoms. The molecule has 1 fully saturated rings. The van der Waals surface area contributed by atoms with Gasteiger partial charge in [-0.2, -0.15) is 0 Å². The number of hydrogen-bond acceptors (Lipinski definition) is 5. The third-order valence-electron chi connectivity index (χ3n) is 5.52. The fraction of sp³-hybridized carbons (Fsp3) is 0.417. The lowest BCUT2D eigenvalue weighted by molar-refractivity contribution is -0.110. The summed E-state index contributed by atoms with van der Waals surface area (Å²) < 4.78 is 32.3. The summed E-state index contributed by atoms with van der Waals surface area (Å²) >= 11 is 0. The molecule has 1 N–H and O–H groups in total. The van der Waals surface area contributed by atoms with E-state index in [1.165, 1.54) is 12.1 Å². The van der Waals surface area contributed by atoms with Gasteiger partial charge in [-0.15, -0.1) is 0 Å². The first-order valence-corrected chi connectivity index (χ1v) is 11.9. The van der Waals surface area contributed by atoms with Gasteiger partial charge in [-0.1, -0.05) is 48.9 Å². The predicted molar refractivity (Wildman–Crippen MR) is 119 cm³/mol. The summed E-state index contributed by atoms with van der Waals surface area (Å²) in [5.41, 5.74) is 0.321. The van der Waals surface area contributed by atoms with Gasteiger partial charge in [0.1, 0.15) is 22.7 Å². The Morgan fingerprint density at radius 3 is 2.16 bits per heavy atom. The number of sulfone groups is 1. The molecule has 0 radical (unpaired) electrons. The molecule has 166 valence electrons. The zero-order valence-electron chi connectivity index (χ0n) is 18.5. The molecule has 1 amide bonds. The van der Waals surface area contributed by atoms with Crippen molar-refractivity contribution < 1.29 is 22.7 Å². The minimum absolute atomic E-state index is 0.119. The molecule has 0 aromatic heterocycles. The van der Waals surface area contributed by atoms with Gasteiger partial charge in [-0.05, 0) is 57.4 Å². The first-order valence-electron chi connectivity index (χ1n) is 10.3. The van der Waals surface area contributed by atoms with Crippen LogP contribution in [0.2, 0.25) is 0 Å². The number of rotatable bonds is 6. The Hall–Kier alpha value is -2.67. The quantitative estimate of drug-likeness (QED) is 0.683. The smallest absolute Gasteiger partial charge is 0.408 e. The van der Waals surface area contributed by atoms with Crippen LogP contribution >= 0.6 is 0 Å². The van der Waals surface area contributed by atoms with Crippen LogP contribution in [0.15, 0.2) is 53.4 Å². The van der Waals surface area contributed by atoms with E-state index < -0.39 is 38.2 Å². The van der Waals surface area contributed by atoms with Crippen LogP contribution in [0.4, 0.5) is 4.79 Å². The van der Waals surface area contributed by atoms with Crippen molar-refractivity contribution in [2.75, 3.05) is 0 Å². The molecule has 3 rings (SSSR count). The molecule has 2 aromatic rings. The summed E-state index contributed by atoms with van der Waals surface area (Å²) in [4.78, 5) is 24.9. The zero-order chi connectivity index (χ0) is 23.0. The number of amides is 1. The Kier molecular flexibility index (Phi) is 6.02. The summed E-state index contributed by atoms with van der Waals surface area (Å²) in [7, 11) is -3.91. The third-order valence-corrected chi connectivity index (χ3v) is 7.78. The lowest BCUT2D eigenvalue weighted by atomic mass is 10.0. The first-order chi connectivity index (χ1) is 14.4. The van der Waals surface area contributed by atoms with Crippen molar-refractivity contribution >= 4 is 22.2 Å². The van der Waals surface area contributed by atoms with Gasteiger partial charge in [-0.25, -0.2) is 13.2 Å². The molecule has 1 aliphatic rings. The van der Waals surface area contributed by atoms with Crippen molar-refractivity contribution in [2.24, 2.45) is 0 Å². The first kappa shape index (κ1) is 23.0. The number of ether oxygens (including phenoxy) is 1. The van der Waals surface area contributed by atoms with Gasteiger partial charge >= 0.3 is 6.09 Å². The van der Waals surface area contributed by atoms with E-state index in [9.17, 15) is 18.0 Å². The van der Waals surface area contributed by atoms with Gasteiger partial charge < -0.3 is 14.8 Å². The monoisotopic (exact) mass is 443 g/mol. The van der Waals surface area contributed by atoms with E-state index in [4.69, 9.17) is 4.74 Å². The molecule has 31 heavy (non-hydrogen) atoms. The van der Waals surface area contributed by atoms with Crippen LogP contribution < -0.4 is 5.32 Å². The van der Waals surface area contributed by atoms with Gasteiger partial charge in [0.15, 0.2) is 9.84 Å². The van der Waals surface area contributed by atoms with E-state index in [2.05, 4.69) is 5.32 Å². The van der Waals surface area contributed by atoms with Crippen molar-refractivity contribution in [3.05, 3.63) is 65.2 Å². The lowest BCUT2D eigenvalue weighted by Gasteiger charge is -2.22. The van der Waals surface area contributed by atoms with Crippen LogP contribution in [-0.2, 0) is 25.8 Å². The van der Waals surface area contributed by atoms with Crippen LogP contribution in [0, 0.1) is 6.92 Å². The number of nitrogens with one attached hydrogen (secondary N) is 1. The van der Waals surface area contributed by atoms with Crippen molar-refractivity contribution in [3.8, 4) is 0 Å². The number of carbonyl (C=O) groups is 2. The fourth-order valence-corrected chi connectivity index (χ4v) is 6.14. The summed E-state index contributed by atoms with van der Waals surface area (Å²) in [5.74, 6) is -0.713. The zero-order valence-corrected chi connectivity index (χ0v) is 19.3. The predicted octanol–water partition coefficient (Wildman–Crippen LogP) is 3.96. The van der Waals surface area contributed by atoms with Crippen molar-refractivity contribution in [1.29, 1.82) is 0 Å². The van der Waals surface area contributed by atoms with E-state index in [0.29, 0.717) is 11.8 Å². The Labute approximate surface area is 183 Å². The highest BCUT2D eigenvalue weighted by Gasteiger charge is 2.73. The summed E-state index contributed by atoms with van der Waals surface area (Å²) in [6.45, 7) is 9.00. The second-order valence-corrected chi connectivity index (χ2v) is 11.1. The second kappa shape index (κ2) is 8.11. The molecule has 0 aliphatic heterocycles. The van der Waals surface area contributed by atoms with Crippen molar-refractivity contribution in [3.63, 3.8) is 0 Å². The van der Waals surface area contributed by atoms with Crippen LogP contribution in [0.3, 0.4) is 0 Å². The van der Waals surface area contributed by atoms with Crippen LogP contribution in [0.1, 0.15) is 50.3 Å². The Morgan fingerprint density at radius 2 is 1.68 bits per heavy atom. The van der Waals surface area contributed by atoms with Crippen LogP contribution in [0.25, 0.3) is 0 Å². The molecular formula is C24H29NO5S. The molecule has 7 heteroatoms. The third kappa shape index (κ3) is 4.51. The average Bonchev–Trinajstić information content (AvgIpc) is 3.36. The molecule has 0 heterocycles. The van der Waals surface area contributed by atoms with Crippen molar-refractivity contribution in [1.82, 2.24) is 5.32 Å². The molecule has 1 aliphatic carbocycles. The number of alkyl carbamates (subject to hydrolysis) is 1. The number of benzene rings is 2. The van der Waals surface area contributed by atoms with Crippen molar-refractivity contribution in [2.45, 2.75) is 68.2 Å². The molecule has 1 saturated carbocycles. The summed E-state index contributed by atoms with van der Waals surface area (Å²) in [6.07, 6.45) is 0.549. The molecule has 3 atom stereocenters. The van der Waals surface area contributed by atoms with E-state index in [0.717, 1.165) is 17.5 Å². The maximum absolute atomic E-state index is 13.5. The minimum atomic E-state index is -3.91. The van der Waals surface area contributed by atoms with Gasteiger partial charge in [0.2, 0.25) is 0 Å². The van der Waals surface area contributed by atoms with Gasteiger partial charge in [0, 0.05) is 5.92 Å². The summed E-state index contributed by atoms with van der Waals surface area (Å²) in [6, 6.07) is 14.0. The highest BCUT2D eigenvalue weighted by molar-refractivity contribution is 7.92. The topological polar surface area (TPSA) is 89.5 Å². The highest BCUT2D eigenvalue weighted by Crippen LogP contribution is 2.56.